The normalized spacial score (nSPS) is 14.0. The van der Waals surface area contributed by atoms with E-state index in [1.165, 1.54) is 205 Å². The van der Waals surface area contributed by atoms with Crippen LogP contribution in [0.2, 0.25) is 0 Å². The van der Waals surface area contributed by atoms with Gasteiger partial charge in [0.25, 0.3) is 0 Å². The van der Waals surface area contributed by atoms with Crippen molar-refractivity contribution < 1.29 is 80.2 Å². The van der Waals surface area contributed by atoms with Gasteiger partial charge in [0.05, 0.1) is 26.4 Å². The number of hydrogen-bond donors (Lipinski definition) is 3. The average molecular weight is 1380 g/mol. The van der Waals surface area contributed by atoms with Gasteiger partial charge in [-0.2, -0.15) is 0 Å². The summed E-state index contributed by atoms with van der Waals surface area (Å²) >= 11 is 0. The van der Waals surface area contributed by atoms with E-state index in [1.807, 2.05) is 0 Å². The summed E-state index contributed by atoms with van der Waals surface area (Å²) in [5.41, 5.74) is 0. The van der Waals surface area contributed by atoms with E-state index in [-0.39, 0.29) is 25.7 Å². The van der Waals surface area contributed by atoms with E-state index in [1.54, 1.807) is 0 Å². The summed E-state index contributed by atoms with van der Waals surface area (Å²) in [6, 6.07) is 0. The van der Waals surface area contributed by atoms with E-state index >= 15 is 0 Å². The van der Waals surface area contributed by atoms with Crippen molar-refractivity contribution in [1.82, 2.24) is 0 Å². The minimum absolute atomic E-state index is 0.104. The zero-order valence-corrected chi connectivity index (χ0v) is 63.1. The number of carbonyl (C=O) groups excluding carboxylic acids is 4. The van der Waals surface area contributed by atoms with Crippen molar-refractivity contribution in [2.75, 3.05) is 39.6 Å². The third kappa shape index (κ3) is 68.6. The molecule has 558 valence electrons. The lowest BCUT2D eigenvalue weighted by molar-refractivity contribution is -0.161. The van der Waals surface area contributed by atoms with E-state index in [4.69, 9.17) is 37.0 Å². The highest BCUT2D eigenvalue weighted by atomic mass is 31.2. The fourth-order valence-electron chi connectivity index (χ4n) is 11.5. The first-order valence-electron chi connectivity index (χ1n) is 39.0. The Morgan fingerprint density at radius 1 is 0.287 bits per heavy atom. The lowest BCUT2D eigenvalue weighted by Crippen LogP contribution is -2.30. The summed E-state index contributed by atoms with van der Waals surface area (Å²) in [6.07, 6.45) is 54.2. The molecule has 0 bridgehead atoms. The van der Waals surface area contributed by atoms with Crippen LogP contribution in [0.4, 0.5) is 0 Å². The first kappa shape index (κ1) is 92.1. The Balaban J connectivity index is 5.18. The van der Waals surface area contributed by atoms with Gasteiger partial charge in [-0.15, -0.1) is 0 Å². The monoisotopic (exact) mass is 1380 g/mol. The van der Waals surface area contributed by atoms with Gasteiger partial charge >= 0.3 is 39.5 Å². The smallest absolute Gasteiger partial charge is 0.462 e. The van der Waals surface area contributed by atoms with Crippen LogP contribution in [-0.4, -0.2) is 96.7 Å². The highest BCUT2D eigenvalue weighted by molar-refractivity contribution is 7.47. The largest absolute Gasteiger partial charge is 0.472 e. The van der Waals surface area contributed by atoms with Crippen molar-refractivity contribution in [2.45, 2.75) is 407 Å². The second-order valence-corrected chi connectivity index (χ2v) is 30.9. The summed E-state index contributed by atoms with van der Waals surface area (Å²) in [5.74, 6) is -0.603. The van der Waals surface area contributed by atoms with Crippen LogP contribution in [0.15, 0.2) is 0 Å². The van der Waals surface area contributed by atoms with Gasteiger partial charge in [0, 0.05) is 25.7 Å². The molecule has 0 aromatic rings. The number of ether oxygens (including phenoxy) is 4. The van der Waals surface area contributed by atoms with Crippen LogP contribution in [0, 0.1) is 11.8 Å². The molecular formula is C75H146O17P2. The number of phosphoric ester groups is 2. The number of aliphatic hydroxyl groups excluding tert-OH is 1. The lowest BCUT2D eigenvalue weighted by atomic mass is 10.0. The van der Waals surface area contributed by atoms with Gasteiger partial charge in [-0.1, -0.05) is 337 Å². The number of rotatable bonds is 74. The maximum absolute atomic E-state index is 13.1. The van der Waals surface area contributed by atoms with Gasteiger partial charge in [0.15, 0.2) is 12.2 Å². The third-order valence-corrected chi connectivity index (χ3v) is 19.4. The fraction of sp³-hybridized carbons (Fsp3) is 0.947. The van der Waals surface area contributed by atoms with Crippen LogP contribution in [0.3, 0.4) is 0 Å². The zero-order valence-electron chi connectivity index (χ0n) is 61.3. The van der Waals surface area contributed by atoms with Crippen molar-refractivity contribution >= 4 is 39.5 Å². The number of hydrogen-bond acceptors (Lipinski definition) is 15. The van der Waals surface area contributed by atoms with Gasteiger partial charge in [-0.3, -0.25) is 37.3 Å². The number of aliphatic hydroxyl groups is 1. The Kier molecular flexibility index (Phi) is 65.5. The molecule has 0 spiro atoms. The molecule has 0 fully saturated rings. The van der Waals surface area contributed by atoms with Crippen LogP contribution < -0.4 is 0 Å². The second-order valence-electron chi connectivity index (χ2n) is 28.0. The molecule has 0 aliphatic carbocycles. The lowest BCUT2D eigenvalue weighted by Gasteiger charge is -2.21. The van der Waals surface area contributed by atoms with E-state index in [2.05, 4.69) is 41.5 Å². The molecule has 0 aromatic heterocycles. The summed E-state index contributed by atoms with van der Waals surface area (Å²) in [7, 11) is -9.90. The topological polar surface area (TPSA) is 237 Å². The predicted molar refractivity (Wildman–Crippen MR) is 381 cm³/mol. The second kappa shape index (κ2) is 66.9. The first-order chi connectivity index (χ1) is 45.4. The molecule has 0 saturated heterocycles. The first-order valence-corrected chi connectivity index (χ1v) is 42.0. The molecule has 0 aromatic carbocycles. The Morgan fingerprint density at radius 2 is 0.489 bits per heavy atom. The van der Waals surface area contributed by atoms with E-state index in [0.717, 1.165) is 95.8 Å². The molecule has 0 aliphatic rings. The van der Waals surface area contributed by atoms with Crippen LogP contribution in [0.25, 0.3) is 0 Å². The summed E-state index contributed by atoms with van der Waals surface area (Å²) < 4.78 is 68.4. The number of esters is 4. The molecule has 0 radical (unpaired) electrons. The van der Waals surface area contributed by atoms with Gasteiger partial charge in [-0.25, -0.2) is 9.13 Å². The van der Waals surface area contributed by atoms with Crippen molar-refractivity contribution in [3.63, 3.8) is 0 Å². The molecule has 0 saturated carbocycles. The predicted octanol–water partition coefficient (Wildman–Crippen LogP) is 21.9. The molecule has 94 heavy (non-hydrogen) atoms. The van der Waals surface area contributed by atoms with Crippen LogP contribution in [0.5, 0.6) is 0 Å². The molecule has 3 N–H and O–H groups in total. The zero-order chi connectivity index (χ0) is 69.3. The van der Waals surface area contributed by atoms with Gasteiger partial charge in [0.2, 0.25) is 0 Å². The number of carbonyl (C=O) groups is 4. The highest BCUT2D eigenvalue weighted by Gasteiger charge is 2.30. The van der Waals surface area contributed by atoms with E-state index < -0.39 is 97.5 Å². The van der Waals surface area contributed by atoms with Crippen LogP contribution >= 0.6 is 15.6 Å². The van der Waals surface area contributed by atoms with Crippen molar-refractivity contribution in [3.8, 4) is 0 Å². The molecule has 0 heterocycles. The Bertz CT molecular complexity index is 1820. The Hall–Kier alpha value is -1.94. The summed E-state index contributed by atoms with van der Waals surface area (Å²) in [6.45, 7) is 9.55. The van der Waals surface area contributed by atoms with Crippen molar-refractivity contribution in [2.24, 2.45) is 11.8 Å². The molecule has 19 heteroatoms. The third-order valence-electron chi connectivity index (χ3n) is 17.5. The quantitative estimate of drug-likeness (QED) is 0.0222. The molecule has 0 aliphatic heterocycles. The SMILES string of the molecule is CCCCCCCCCCCCCCCC(=O)OC[C@H](COP(=O)(O)OC[C@@H](O)COP(=O)(O)OC[C@@H](COC(=O)CCCCCCCCCCCC)OC(=O)CCCCCCCCCC(C)C)OC(=O)CCCCCCCCCCCCCCCCCCCCC(C)C. The Labute approximate surface area is 575 Å². The standard InChI is InChI=1S/C75H146O17P2/c1-7-9-11-13-15-17-19-26-30-34-40-46-52-58-73(78)86-63-70(91-74(79)59-53-47-41-35-31-28-25-23-21-20-22-24-27-29-32-37-43-49-55-67(3)4)65-89-93(81,82)87-61-69(76)62-88-94(83,84)90-66-71(92-75(80)60-54-48-42-36-38-44-50-56-68(5)6)64-85-72(77)57-51-45-39-33-18-16-14-12-10-8-2/h67-71,76H,7-66H2,1-6H3,(H,81,82)(H,83,84)/t69-,70-,71-/m1/s1. The fourth-order valence-corrected chi connectivity index (χ4v) is 13.1. The minimum atomic E-state index is -4.96. The highest BCUT2D eigenvalue weighted by Crippen LogP contribution is 2.45. The van der Waals surface area contributed by atoms with Gasteiger partial charge < -0.3 is 33.8 Å². The van der Waals surface area contributed by atoms with E-state index in [9.17, 15) is 43.2 Å². The average Bonchev–Trinajstić information content (AvgIpc) is 1.76. The molecule has 17 nitrogen and oxygen atoms in total. The summed E-state index contributed by atoms with van der Waals surface area (Å²) in [5, 5.41) is 10.6. The molecular weight excluding hydrogens is 1230 g/mol. The maximum atomic E-state index is 13.1. The summed E-state index contributed by atoms with van der Waals surface area (Å²) in [4.78, 5) is 72.7. The van der Waals surface area contributed by atoms with Crippen LogP contribution in [-0.2, 0) is 65.4 Å². The van der Waals surface area contributed by atoms with Gasteiger partial charge in [0.1, 0.15) is 19.3 Å². The maximum Gasteiger partial charge on any atom is 0.472 e. The molecule has 0 rings (SSSR count). The molecule has 5 atom stereocenters. The number of unbranched alkanes of at least 4 members (excludes halogenated alkanes) is 44. The number of phosphoric acid groups is 2. The van der Waals surface area contributed by atoms with Crippen LogP contribution in [0.1, 0.15) is 388 Å². The Morgan fingerprint density at radius 3 is 0.723 bits per heavy atom. The van der Waals surface area contributed by atoms with E-state index in [0.29, 0.717) is 31.6 Å². The van der Waals surface area contributed by atoms with Gasteiger partial charge in [-0.05, 0) is 37.5 Å². The molecule has 2 unspecified atom stereocenters. The van der Waals surface area contributed by atoms with Crippen molar-refractivity contribution in [3.05, 3.63) is 0 Å². The minimum Gasteiger partial charge on any atom is -0.462 e. The molecule has 0 amide bonds. The van der Waals surface area contributed by atoms with Crippen molar-refractivity contribution in [1.29, 1.82) is 0 Å².